The number of likely N-dealkylation sites (N-methyl/N-ethyl adjacent to an activating group) is 1. The summed E-state index contributed by atoms with van der Waals surface area (Å²) in [5.41, 5.74) is 0.873. The van der Waals surface area contributed by atoms with Crippen molar-refractivity contribution in [2.24, 2.45) is 0 Å². The molecule has 2 rings (SSSR count). The highest BCUT2D eigenvalue weighted by atomic mass is 16.4. The van der Waals surface area contributed by atoms with E-state index in [0.717, 1.165) is 18.4 Å². The van der Waals surface area contributed by atoms with Crippen LogP contribution in [0.2, 0.25) is 0 Å². The van der Waals surface area contributed by atoms with Crippen LogP contribution >= 0.6 is 0 Å². The molecular weight excluding hydrogens is 226 g/mol. The molecule has 0 radical (unpaired) electrons. The summed E-state index contributed by atoms with van der Waals surface area (Å²) < 4.78 is 0. The molecule has 3 nitrogen and oxygen atoms in total. The second-order valence-electron chi connectivity index (χ2n) is 5.11. The van der Waals surface area contributed by atoms with Crippen molar-refractivity contribution in [3.05, 3.63) is 35.9 Å². The maximum absolute atomic E-state index is 11.5. The van der Waals surface area contributed by atoms with Crippen LogP contribution in [-0.4, -0.2) is 29.1 Å². The summed E-state index contributed by atoms with van der Waals surface area (Å²) in [5, 5.41) is 9.49. The number of rotatable bonds is 4. The summed E-state index contributed by atoms with van der Waals surface area (Å²) in [7, 11) is 1.95. The number of hydrogen-bond acceptors (Lipinski definition) is 2. The molecule has 0 saturated heterocycles. The second kappa shape index (κ2) is 6.01. The highest BCUT2D eigenvalue weighted by Gasteiger charge is 2.30. The second-order valence-corrected chi connectivity index (χ2v) is 5.11. The van der Waals surface area contributed by atoms with Gasteiger partial charge in [0, 0.05) is 6.04 Å². The first-order valence-electron chi connectivity index (χ1n) is 6.70. The van der Waals surface area contributed by atoms with E-state index in [9.17, 15) is 9.90 Å². The molecule has 1 saturated carbocycles. The monoisotopic (exact) mass is 247 g/mol. The van der Waals surface area contributed by atoms with Gasteiger partial charge < -0.3 is 5.11 Å². The van der Waals surface area contributed by atoms with E-state index in [1.54, 1.807) is 0 Å². The molecule has 1 fully saturated rings. The number of nitrogens with zero attached hydrogens (tertiary/aromatic N) is 1. The van der Waals surface area contributed by atoms with Crippen molar-refractivity contribution in [1.29, 1.82) is 0 Å². The SMILES string of the molecule is CN(C1CCCCC1)[C@@H](C(=O)O)c1ccccc1. The zero-order chi connectivity index (χ0) is 13.0. The number of carbonyl (C=O) groups is 1. The number of benzene rings is 1. The van der Waals surface area contributed by atoms with E-state index in [0.29, 0.717) is 6.04 Å². The van der Waals surface area contributed by atoms with Gasteiger partial charge in [-0.05, 0) is 25.5 Å². The normalized spacial score (nSPS) is 18.8. The Balaban J connectivity index is 2.17. The van der Waals surface area contributed by atoms with Gasteiger partial charge in [-0.3, -0.25) is 9.69 Å². The Morgan fingerprint density at radius 1 is 1.22 bits per heavy atom. The Hall–Kier alpha value is -1.35. The largest absolute Gasteiger partial charge is 0.480 e. The number of aliphatic carboxylic acids is 1. The van der Waals surface area contributed by atoms with Crippen LogP contribution in [-0.2, 0) is 4.79 Å². The molecule has 1 aliphatic carbocycles. The van der Waals surface area contributed by atoms with Crippen LogP contribution in [0.3, 0.4) is 0 Å². The van der Waals surface area contributed by atoms with E-state index in [-0.39, 0.29) is 0 Å². The van der Waals surface area contributed by atoms with E-state index in [1.807, 2.05) is 42.3 Å². The maximum Gasteiger partial charge on any atom is 0.325 e. The van der Waals surface area contributed by atoms with E-state index in [4.69, 9.17) is 0 Å². The van der Waals surface area contributed by atoms with Crippen molar-refractivity contribution in [3.8, 4) is 0 Å². The van der Waals surface area contributed by atoms with Gasteiger partial charge in [-0.25, -0.2) is 0 Å². The van der Waals surface area contributed by atoms with Crippen molar-refractivity contribution in [2.75, 3.05) is 7.05 Å². The quantitative estimate of drug-likeness (QED) is 0.889. The van der Waals surface area contributed by atoms with Gasteiger partial charge in [0.15, 0.2) is 0 Å². The summed E-state index contributed by atoms with van der Waals surface area (Å²) in [6, 6.07) is 9.41. The molecule has 0 bridgehead atoms. The molecule has 1 aromatic rings. The molecule has 1 aromatic carbocycles. The minimum absolute atomic E-state index is 0.403. The molecule has 0 spiro atoms. The Morgan fingerprint density at radius 2 is 1.83 bits per heavy atom. The van der Waals surface area contributed by atoms with Gasteiger partial charge in [-0.1, -0.05) is 49.6 Å². The van der Waals surface area contributed by atoms with E-state index >= 15 is 0 Å². The van der Waals surface area contributed by atoms with Gasteiger partial charge in [-0.15, -0.1) is 0 Å². The fourth-order valence-corrected chi connectivity index (χ4v) is 2.89. The molecule has 1 aliphatic rings. The van der Waals surface area contributed by atoms with Crippen LogP contribution in [0.5, 0.6) is 0 Å². The molecule has 0 aromatic heterocycles. The molecule has 0 heterocycles. The van der Waals surface area contributed by atoms with Crippen molar-refractivity contribution in [1.82, 2.24) is 4.90 Å². The lowest BCUT2D eigenvalue weighted by molar-refractivity contribution is -0.144. The van der Waals surface area contributed by atoms with Crippen LogP contribution in [0.25, 0.3) is 0 Å². The molecule has 18 heavy (non-hydrogen) atoms. The molecule has 0 amide bonds. The summed E-state index contributed by atoms with van der Waals surface area (Å²) in [5.74, 6) is -0.755. The minimum Gasteiger partial charge on any atom is -0.480 e. The Morgan fingerprint density at radius 3 is 2.39 bits per heavy atom. The van der Waals surface area contributed by atoms with Gasteiger partial charge >= 0.3 is 5.97 Å². The van der Waals surface area contributed by atoms with Crippen LogP contribution in [0, 0.1) is 0 Å². The molecule has 0 aliphatic heterocycles. The molecule has 3 heteroatoms. The summed E-state index contributed by atoms with van der Waals surface area (Å²) in [6.45, 7) is 0. The lowest BCUT2D eigenvalue weighted by atomic mass is 9.92. The van der Waals surface area contributed by atoms with E-state index in [2.05, 4.69) is 0 Å². The van der Waals surface area contributed by atoms with Gasteiger partial charge in [0.25, 0.3) is 0 Å². The Bertz CT molecular complexity index is 385. The number of hydrogen-bond donors (Lipinski definition) is 1. The predicted octanol–water partition coefficient (Wildman–Crippen LogP) is 3.08. The van der Waals surface area contributed by atoms with Crippen molar-refractivity contribution < 1.29 is 9.90 Å². The maximum atomic E-state index is 11.5. The van der Waals surface area contributed by atoms with Crippen molar-refractivity contribution >= 4 is 5.97 Å². The Labute approximate surface area is 108 Å². The number of carboxylic acid groups (broad SMARTS) is 1. The first-order valence-corrected chi connectivity index (χ1v) is 6.70. The lowest BCUT2D eigenvalue weighted by Gasteiger charge is -2.35. The van der Waals surface area contributed by atoms with Gasteiger partial charge in [0.1, 0.15) is 6.04 Å². The summed E-state index contributed by atoms with van der Waals surface area (Å²) >= 11 is 0. The molecule has 1 N–H and O–H groups in total. The lowest BCUT2D eigenvalue weighted by Crippen LogP contribution is -2.40. The van der Waals surface area contributed by atoms with E-state index in [1.165, 1.54) is 19.3 Å². The molecular formula is C15H21NO2. The van der Waals surface area contributed by atoms with Gasteiger partial charge in [0.2, 0.25) is 0 Å². The third-order valence-electron chi connectivity index (χ3n) is 3.91. The zero-order valence-corrected chi connectivity index (χ0v) is 10.9. The average molecular weight is 247 g/mol. The third kappa shape index (κ3) is 2.91. The highest BCUT2D eigenvalue weighted by molar-refractivity contribution is 5.75. The van der Waals surface area contributed by atoms with Gasteiger partial charge in [0.05, 0.1) is 0 Å². The third-order valence-corrected chi connectivity index (χ3v) is 3.91. The smallest absolute Gasteiger partial charge is 0.325 e. The van der Waals surface area contributed by atoms with Crippen molar-refractivity contribution in [3.63, 3.8) is 0 Å². The van der Waals surface area contributed by atoms with Gasteiger partial charge in [-0.2, -0.15) is 0 Å². The topological polar surface area (TPSA) is 40.5 Å². The minimum atomic E-state index is -0.755. The van der Waals surface area contributed by atoms with E-state index < -0.39 is 12.0 Å². The first-order chi connectivity index (χ1) is 8.70. The summed E-state index contributed by atoms with van der Waals surface area (Å²) in [6.07, 6.45) is 5.96. The molecule has 0 unspecified atom stereocenters. The predicted molar refractivity (Wildman–Crippen MR) is 71.5 cm³/mol. The Kier molecular flexibility index (Phi) is 4.37. The van der Waals surface area contributed by atoms with Crippen LogP contribution < -0.4 is 0 Å². The highest BCUT2D eigenvalue weighted by Crippen LogP contribution is 2.29. The molecule has 1 atom stereocenters. The standard InChI is InChI=1S/C15H21NO2/c1-16(13-10-6-3-7-11-13)14(15(17)18)12-8-4-2-5-9-12/h2,4-5,8-9,13-14H,3,6-7,10-11H2,1H3,(H,17,18)/t14-/m1/s1. The number of carboxylic acids is 1. The van der Waals surface area contributed by atoms with Crippen LogP contribution in [0.15, 0.2) is 30.3 Å². The average Bonchev–Trinajstić information content (AvgIpc) is 2.40. The zero-order valence-electron chi connectivity index (χ0n) is 10.9. The fourth-order valence-electron chi connectivity index (χ4n) is 2.89. The summed E-state index contributed by atoms with van der Waals surface area (Å²) in [4.78, 5) is 13.6. The fraction of sp³-hybridized carbons (Fsp3) is 0.533. The van der Waals surface area contributed by atoms with Crippen molar-refractivity contribution in [2.45, 2.75) is 44.2 Å². The molecule has 98 valence electrons. The van der Waals surface area contributed by atoms with Crippen LogP contribution in [0.4, 0.5) is 0 Å². The first kappa shape index (κ1) is 13.1. The van der Waals surface area contributed by atoms with Crippen LogP contribution in [0.1, 0.15) is 43.7 Å².